The van der Waals surface area contributed by atoms with Gasteiger partial charge in [0.2, 0.25) is 11.1 Å². The van der Waals surface area contributed by atoms with E-state index in [-0.39, 0.29) is 11.1 Å². The lowest BCUT2D eigenvalue weighted by Gasteiger charge is -1.86. The summed E-state index contributed by atoms with van der Waals surface area (Å²) in [5.41, 5.74) is -0.532. The lowest BCUT2D eigenvalue weighted by atomic mass is 10.6. The normalized spacial score (nSPS) is 13.3. The quantitative estimate of drug-likeness (QED) is 0.679. The fourth-order valence-corrected chi connectivity index (χ4v) is 4.06. The molecule has 6 nitrogen and oxygen atoms in total. The van der Waals surface area contributed by atoms with E-state index in [2.05, 4.69) is 23.1 Å². The Morgan fingerprint density at radius 1 is 0.818 bits per heavy atom. The monoisotopic (exact) mass is 334 g/mol. The van der Waals surface area contributed by atoms with Crippen LogP contribution in [0.1, 0.15) is 0 Å². The van der Waals surface area contributed by atoms with Crippen LogP contribution in [0.15, 0.2) is 53.7 Å². The molecule has 0 spiro atoms. The molecule has 0 N–H and O–H groups in total. The van der Waals surface area contributed by atoms with Crippen molar-refractivity contribution in [3.8, 4) is 0 Å². The van der Waals surface area contributed by atoms with Crippen molar-refractivity contribution in [2.75, 3.05) is 13.1 Å². The molecule has 0 bridgehead atoms. The molecule has 0 fully saturated rings. The topological polar surface area (TPSA) is 85.1 Å². The van der Waals surface area contributed by atoms with Gasteiger partial charge in [0.25, 0.3) is 0 Å². The Kier molecular flexibility index (Phi) is 3.86. The molecule has 0 saturated carbocycles. The predicted octanol–water partition coefficient (Wildman–Crippen LogP) is 1.63. The van der Waals surface area contributed by atoms with E-state index < -0.39 is 11.3 Å². The van der Waals surface area contributed by atoms with Gasteiger partial charge in [-0.1, -0.05) is 12.2 Å². The second kappa shape index (κ2) is 5.82. The number of hydrogen-bond donors (Lipinski definition) is 0. The molecule has 3 aromatic rings. The molecule has 3 heterocycles. The maximum absolute atomic E-state index is 11.9. The number of rotatable bonds is 4. The number of hydrogen-bond acceptors (Lipinski definition) is 8. The molecule has 0 aliphatic carbocycles. The Labute approximate surface area is 131 Å². The summed E-state index contributed by atoms with van der Waals surface area (Å²) in [6.07, 6.45) is 3.18. The molecule has 112 valence electrons. The first-order valence-corrected chi connectivity index (χ1v) is 7.89. The average molecular weight is 334 g/mol. The van der Waals surface area contributed by atoms with E-state index in [1.165, 1.54) is 0 Å². The highest BCUT2D eigenvalue weighted by Crippen LogP contribution is 2.25. The second-order valence-corrected chi connectivity index (χ2v) is 6.21. The van der Waals surface area contributed by atoms with Crippen molar-refractivity contribution in [3.63, 3.8) is 0 Å². The first-order valence-electron chi connectivity index (χ1n) is 6.25. The summed E-state index contributed by atoms with van der Waals surface area (Å²) < 4.78 is 12.2. The van der Waals surface area contributed by atoms with Crippen LogP contribution >= 0.6 is 22.7 Å². The molecule has 0 saturated heterocycles. The van der Waals surface area contributed by atoms with Gasteiger partial charge in [-0.05, 0) is 0 Å². The first kappa shape index (κ1) is 14.6. The predicted molar refractivity (Wildman–Crippen MR) is 86.7 cm³/mol. The van der Waals surface area contributed by atoms with E-state index in [0.717, 1.165) is 22.7 Å². The summed E-state index contributed by atoms with van der Waals surface area (Å²) >= 11 is 2.25. The van der Waals surface area contributed by atoms with Gasteiger partial charge < -0.3 is 8.83 Å². The van der Waals surface area contributed by atoms with Crippen LogP contribution in [0.2, 0.25) is 0 Å². The third kappa shape index (κ3) is 2.36. The maximum atomic E-state index is 11.9. The summed E-state index contributed by atoms with van der Waals surface area (Å²) in [5, 5.41) is 0. The van der Waals surface area contributed by atoms with Gasteiger partial charge in [-0.25, -0.2) is 19.6 Å². The van der Waals surface area contributed by atoms with E-state index >= 15 is 0 Å². The molecule has 0 aliphatic rings. The third-order valence-corrected chi connectivity index (χ3v) is 5.26. The van der Waals surface area contributed by atoms with Gasteiger partial charge in [-0.15, -0.1) is 35.8 Å². The molecule has 8 heteroatoms. The van der Waals surface area contributed by atoms with Crippen LogP contribution < -0.4 is 22.4 Å². The van der Waals surface area contributed by atoms with Crippen molar-refractivity contribution >= 4 is 41.5 Å². The SMILES string of the molecule is C=CC/N=c1\oc(=O)c2sc3/c(=N/CC=C)oc(=O)c3sc12. The summed E-state index contributed by atoms with van der Waals surface area (Å²) in [7, 11) is 0. The summed E-state index contributed by atoms with van der Waals surface area (Å²) in [5.74, 6) is 0. The van der Waals surface area contributed by atoms with E-state index in [9.17, 15) is 9.59 Å². The zero-order valence-electron chi connectivity index (χ0n) is 11.3. The molecule has 0 atom stereocenters. The zero-order valence-corrected chi connectivity index (χ0v) is 13.0. The van der Waals surface area contributed by atoms with Crippen LogP contribution in [0, 0.1) is 0 Å². The van der Waals surface area contributed by atoms with Gasteiger partial charge in [-0.2, -0.15) is 0 Å². The smallest absolute Gasteiger partial charge is 0.356 e. The molecule has 0 aliphatic heterocycles. The molecule has 0 radical (unpaired) electrons. The van der Waals surface area contributed by atoms with Crippen molar-refractivity contribution < 1.29 is 8.83 Å². The number of fused-ring (bicyclic) bond motifs is 2. The fraction of sp³-hybridized carbons (Fsp3) is 0.143. The van der Waals surface area contributed by atoms with Crippen molar-refractivity contribution in [3.05, 3.63) is 57.3 Å². The molecule has 0 unspecified atom stereocenters. The fourth-order valence-electron chi connectivity index (χ4n) is 1.80. The molecule has 0 amide bonds. The van der Waals surface area contributed by atoms with Crippen LogP contribution in [-0.4, -0.2) is 13.1 Å². The van der Waals surface area contributed by atoms with Crippen molar-refractivity contribution in [1.29, 1.82) is 0 Å². The van der Waals surface area contributed by atoms with Gasteiger partial charge in [0.05, 0.1) is 13.1 Å². The molecular formula is C14H10N2O4S2. The first-order chi connectivity index (χ1) is 10.7. The number of furan rings is 2. The van der Waals surface area contributed by atoms with Crippen molar-refractivity contribution in [2.45, 2.75) is 0 Å². The minimum atomic E-state index is -0.482. The summed E-state index contributed by atoms with van der Waals surface area (Å²) in [4.78, 5) is 32.2. The van der Waals surface area contributed by atoms with E-state index in [4.69, 9.17) is 8.83 Å². The molecular weight excluding hydrogens is 324 g/mol. The Balaban J connectivity index is 2.44. The van der Waals surface area contributed by atoms with Crippen molar-refractivity contribution in [1.82, 2.24) is 0 Å². The van der Waals surface area contributed by atoms with Crippen LogP contribution in [-0.2, 0) is 0 Å². The van der Waals surface area contributed by atoms with E-state index in [1.54, 1.807) is 12.2 Å². The third-order valence-electron chi connectivity index (χ3n) is 2.69. The van der Waals surface area contributed by atoms with Gasteiger partial charge >= 0.3 is 11.3 Å². The van der Waals surface area contributed by atoms with Crippen LogP contribution in [0.3, 0.4) is 0 Å². The summed E-state index contributed by atoms with van der Waals surface area (Å²) in [6.45, 7) is 7.78. The molecule has 3 rings (SSSR count). The second-order valence-electron chi connectivity index (χ2n) is 4.17. The Morgan fingerprint density at radius 3 is 1.59 bits per heavy atom. The standard InChI is InChI=1S/C14H10N2O4S2/c1-3-5-15-11-7-9(13(17)19-11)22-8-10(21-7)14(18)20-12(8)16-6-4-2/h3-4H,1-2,5-6H2/b15-11-,16-12-. The van der Waals surface area contributed by atoms with E-state index in [0.29, 0.717) is 31.9 Å². The lowest BCUT2D eigenvalue weighted by Crippen LogP contribution is -2.00. The summed E-state index contributed by atoms with van der Waals surface area (Å²) in [6, 6.07) is 0. The van der Waals surface area contributed by atoms with Crippen LogP contribution in [0.5, 0.6) is 0 Å². The largest absolute Gasteiger partial charge is 0.402 e. The van der Waals surface area contributed by atoms with Gasteiger partial charge in [0, 0.05) is 0 Å². The average Bonchev–Trinajstić information content (AvgIpc) is 3.00. The maximum Gasteiger partial charge on any atom is 0.356 e. The van der Waals surface area contributed by atoms with Crippen LogP contribution in [0.4, 0.5) is 0 Å². The highest BCUT2D eigenvalue weighted by Gasteiger charge is 2.16. The van der Waals surface area contributed by atoms with Crippen LogP contribution in [0.25, 0.3) is 18.8 Å². The van der Waals surface area contributed by atoms with E-state index in [1.807, 2.05) is 0 Å². The molecule has 3 aromatic heterocycles. The lowest BCUT2D eigenvalue weighted by molar-refractivity contribution is 0.483. The number of nitrogens with zero attached hydrogens (tertiary/aromatic N) is 2. The van der Waals surface area contributed by atoms with Gasteiger partial charge in [-0.3, -0.25) is 0 Å². The Bertz CT molecular complexity index is 1020. The molecule has 22 heavy (non-hydrogen) atoms. The van der Waals surface area contributed by atoms with Gasteiger partial charge in [0.15, 0.2) is 0 Å². The minimum Gasteiger partial charge on any atom is -0.402 e. The van der Waals surface area contributed by atoms with Crippen molar-refractivity contribution in [2.24, 2.45) is 9.98 Å². The zero-order chi connectivity index (χ0) is 15.7. The Hall–Kier alpha value is -2.32. The Morgan fingerprint density at radius 2 is 1.23 bits per heavy atom. The molecule has 0 aromatic carbocycles. The highest BCUT2D eigenvalue weighted by atomic mass is 32.1. The van der Waals surface area contributed by atoms with Gasteiger partial charge in [0.1, 0.15) is 18.8 Å². The highest BCUT2D eigenvalue weighted by molar-refractivity contribution is 7.36. The minimum absolute atomic E-state index is 0.216.